The average molecular weight is 296 g/mol. The maximum Gasteiger partial charge on any atom is 0.153 e. The highest BCUT2D eigenvalue weighted by Crippen LogP contribution is 2.40. The lowest BCUT2D eigenvalue weighted by Crippen LogP contribution is -2.07. The van der Waals surface area contributed by atoms with Gasteiger partial charge in [0.05, 0.1) is 11.6 Å². The summed E-state index contributed by atoms with van der Waals surface area (Å²) in [6, 6.07) is 8.66. The third-order valence-electron chi connectivity index (χ3n) is 4.34. The molecule has 1 aliphatic carbocycles. The Labute approximate surface area is 127 Å². The number of nitrogens with zero attached hydrogens (tertiary/aromatic N) is 2. The van der Waals surface area contributed by atoms with E-state index < -0.39 is 0 Å². The Hall–Kier alpha value is -1.94. The van der Waals surface area contributed by atoms with Gasteiger partial charge >= 0.3 is 0 Å². The van der Waals surface area contributed by atoms with E-state index in [9.17, 15) is 4.79 Å². The number of thiophene rings is 1. The van der Waals surface area contributed by atoms with E-state index in [2.05, 4.69) is 30.5 Å². The van der Waals surface area contributed by atoms with Gasteiger partial charge < -0.3 is 0 Å². The summed E-state index contributed by atoms with van der Waals surface area (Å²) < 4.78 is 3.17. The van der Waals surface area contributed by atoms with Crippen molar-refractivity contribution in [3.05, 3.63) is 41.4 Å². The molecular formula is C17H16N2OS. The minimum atomic E-state index is 0.375. The number of carbonyl (C=O) groups is 1. The maximum absolute atomic E-state index is 11.4. The lowest BCUT2D eigenvalue weighted by atomic mass is 10.1. The minimum Gasteiger partial charge on any atom is -0.298 e. The van der Waals surface area contributed by atoms with Gasteiger partial charge in [0, 0.05) is 16.5 Å². The number of hydrogen-bond acceptors (Lipinski definition) is 3. The Morgan fingerprint density at radius 1 is 1.38 bits per heavy atom. The second-order valence-electron chi connectivity index (χ2n) is 5.75. The van der Waals surface area contributed by atoms with Gasteiger partial charge in [-0.3, -0.25) is 9.48 Å². The Morgan fingerprint density at radius 2 is 2.24 bits per heavy atom. The zero-order valence-corrected chi connectivity index (χ0v) is 12.6. The molecule has 0 N–H and O–H groups in total. The van der Waals surface area contributed by atoms with Crippen molar-refractivity contribution in [2.45, 2.75) is 25.8 Å². The highest BCUT2D eigenvalue weighted by molar-refractivity contribution is 7.17. The van der Waals surface area contributed by atoms with Crippen molar-refractivity contribution >= 4 is 27.7 Å². The van der Waals surface area contributed by atoms with E-state index in [1.807, 2.05) is 16.9 Å². The van der Waals surface area contributed by atoms with Gasteiger partial charge in [-0.15, -0.1) is 11.3 Å². The van der Waals surface area contributed by atoms with Crippen molar-refractivity contribution in [3.63, 3.8) is 0 Å². The number of benzene rings is 1. The number of aldehydes is 1. The van der Waals surface area contributed by atoms with Gasteiger partial charge in [-0.05, 0) is 42.5 Å². The first kappa shape index (κ1) is 12.8. The fraction of sp³-hybridized carbons (Fsp3) is 0.294. The molecule has 1 saturated carbocycles. The summed E-state index contributed by atoms with van der Waals surface area (Å²) in [5.74, 6) is 0.717. The van der Waals surface area contributed by atoms with Crippen LogP contribution in [0.3, 0.4) is 0 Å². The van der Waals surface area contributed by atoms with Crippen LogP contribution in [0.1, 0.15) is 36.2 Å². The molecule has 4 rings (SSSR count). The number of carbonyl (C=O) groups excluding carboxylic acids is 1. The Bertz CT molecular complexity index is 813. The first-order valence-corrected chi connectivity index (χ1v) is 8.17. The van der Waals surface area contributed by atoms with E-state index in [-0.39, 0.29) is 0 Å². The van der Waals surface area contributed by atoms with Crippen molar-refractivity contribution < 1.29 is 4.79 Å². The molecule has 0 bridgehead atoms. The third-order valence-corrected chi connectivity index (χ3v) is 5.31. The van der Waals surface area contributed by atoms with Crippen molar-refractivity contribution in [1.82, 2.24) is 9.78 Å². The van der Waals surface area contributed by atoms with Crippen LogP contribution in [-0.4, -0.2) is 16.1 Å². The van der Waals surface area contributed by atoms with Crippen molar-refractivity contribution in [2.24, 2.45) is 5.92 Å². The number of fused-ring (bicyclic) bond motifs is 1. The van der Waals surface area contributed by atoms with Crippen LogP contribution < -0.4 is 0 Å². The molecular weight excluding hydrogens is 280 g/mol. The Balaban J connectivity index is 1.87. The average Bonchev–Trinajstić information content (AvgIpc) is 3.09. The second-order valence-corrected chi connectivity index (χ2v) is 6.67. The van der Waals surface area contributed by atoms with E-state index in [4.69, 9.17) is 5.10 Å². The molecule has 1 unspecified atom stereocenters. The molecule has 0 spiro atoms. The van der Waals surface area contributed by atoms with Crippen LogP contribution >= 0.6 is 11.3 Å². The molecule has 3 nitrogen and oxygen atoms in total. The summed E-state index contributed by atoms with van der Waals surface area (Å²) in [5, 5.41) is 8.02. The van der Waals surface area contributed by atoms with Crippen LogP contribution in [0.4, 0.5) is 0 Å². The first-order chi connectivity index (χ1) is 10.3. The lowest BCUT2D eigenvalue weighted by Gasteiger charge is -2.09. The van der Waals surface area contributed by atoms with Crippen molar-refractivity contribution in [3.8, 4) is 11.3 Å². The second kappa shape index (κ2) is 4.81. The summed E-state index contributed by atoms with van der Waals surface area (Å²) in [6.07, 6.45) is 5.36. The summed E-state index contributed by atoms with van der Waals surface area (Å²) in [6.45, 7) is 2.19. The molecule has 21 heavy (non-hydrogen) atoms. The van der Waals surface area contributed by atoms with E-state index in [1.165, 1.54) is 22.9 Å². The highest BCUT2D eigenvalue weighted by Gasteiger charge is 2.30. The SMILES string of the molecule is CC(C1CC1)n1cc(C=O)c(-c2cccc3ccsc23)n1. The molecule has 2 aromatic heterocycles. The minimum absolute atomic E-state index is 0.375. The van der Waals surface area contributed by atoms with Crippen LogP contribution in [0.15, 0.2) is 35.8 Å². The monoisotopic (exact) mass is 296 g/mol. The van der Waals surface area contributed by atoms with Crippen LogP contribution in [0.25, 0.3) is 21.3 Å². The van der Waals surface area contributed by atoms with E-state index in [0.717, 1.165) is 23.5 Å². The summed E-state index contributed by atoms with van der Waals surface area (Å²) >= 11 is 1.70. The smallest absolute Gasteiger partial charge is 0.153 e. The molecule has 3 aromatic rings. The van der Waals surface area contributed by atoms with Gasteiger partial charge in [-0.1, -0.05) is 18.2 Å². The molecule has 0 aliphatic heterocycles. The molecule has 0 radical (unpaired) electrons. The molecule has 106 valence electrons. The molecule has 2 heterocycles. The van der Waals surface area contributed by atoms with Gasteiger partial charge in [-0.25, -0.2) is 0 Å². The predicted molar refractivity (Wildman–Crippen MR) is 85.9 cm³/mol. The standard InChI is InChI=1S/C17H16N2OS/c1-11(12-5-6-12)19-9-14(10-20)16(18-19)15-4-2-3-13-7-8-21-17(13)15/h2-4,7-12H,5-6H2,1H3. The highest BCUT2D eigenvalue weighted by atomic mass is 32.1. The molecule has 1 aromatic carbocycles. The summed E-state index contributed by atoms with van der Waals surface area (Å²) in [4.78, 5) is 11.4. The van der Waals surface area contributed by atoms with Gasteiger partial charge in [0.2, 0.25) is 0 Å². The van der Waals surface area contributed by atoms with Crippen LogP contribution in [0.5, 0.6) is 0 Å². The molecule has 0 amide bonds. The first-order valence-electron chi connectivity index (χ1n) is 7.29. The third kappa shape index (κ3) is 2.10. The predicted octanol–water partition coefficient (Wildman–Crippen LogP) is 4.55. The molecule has 4 heteroatoms. The van der Waals surface area contributed by atoms with Gasteiger partial charge in [-0.2, -0.15) is 5.10 Å². The maximum atomic E-state index is 11.4. The zero-order valence-electron chi connectivity index (χ0n) is 11.8. The molecule has 0 saturated heterocycles. The number of hydrogen-bond donors (Lipinski definition) is 0. The Morgan fingerprint density at radius 3 is 3.00 bits per heavy atom. The number of rotatable bonds is 4. The molecule has 1 fully saturated rings. The molecule has 1 atom stereocenters. The normalized spacial score (nSPS) is 16.2. The van der Waals surface area contributed by atoms with Gasteiger partial charge in [0.15, 0.2) is 6.29 Å². The van der Waals surface area contributed by atoms with E-state index >= 15 is 0 Å². The zero-order chi connectivity index (χ0) is 14.4. The topological polar surface area (TPSA) is 34.9 Å². The summed E-state index contributed by atoms with van der Waals surface area (Å²) in [5.41, 5.74) is 2.56. The lowest BCUT2D eigenvalue weighted by molar-refractivity contribution is 0.112. The quantitative estimate of drug-likeness (QED) is 0.662. The van der Waals surface area contributed by atoms with Crippen LogP contribution in [-0.2, 0) is 0 Å². The molecule has 1 aliphatic rings. The van der Waals surface area contributed by atoms with Crippen LogP contribution in [0.2, 0.25) is 0 Å². The van der Waals surface area contributed by atoms with Crippen LogP contribution in [0, 0.1) is 5.92 Å². The largest absolute Gasteiger partial charge is 0.298 e. The number of aromatic nitrogens is 2. The fourth-order valence-electron chi connectivity index (χ4n) is 2.88. The van der Waals surface area contributed by atoms with Gasteiger partial charge in [0.25, 0.3) is 0 Å². The Kier molecular flexibility index (Phi) is 2.93. The van der Waals surface area contributed by atoms with Gasteiger partial charge in [0.1, 0.15) is 5.69 Å². The van der Waals surface area contributed by atoms with E-state index in [1.54, 1.807) is 11.3 Å². The van der Waals surface area contributed by atoms with E-state index in [0.29, 0.717) is 11.6 Å². The van der Waals surface area contributed by atoms with Crippen molar-refractivity contribution in [2.75, 3.05) is 0 Å². The summed E-state index contributed by atoms with van der Waals surface area (Å²) in [7, 11) is 0. The van der Waals surface area contributed by atoms with Crippen molar-refractivity contribution in [1.29, 1.82) is 0 Å². The fourth-order valence-corrected chi connectivity index (χ4v) is 3.80.